The summed E-state index contributed by atoms with van der Waals surface area (Å²) < 4.78 is 5.78. The molecule has 5 nitrogen and oxygen atoms in total. The largest absolute Gasteiger partial charge is 0.457 e. The molecule has 0 unspecified atom stereocenters. The Morgan fingerprint density at radius 3 is 2.28 bits per heavy atom. The smallest absolute Gasteiger partial charge is 0.132 e. The fraction of sp³-hybridized carbons (Fsp3) is 0.150. The predicted molar refractivity (Wildman–Crippen MR) is 101 cm³/mol. The van der Waals surface area contributed by atoms with Crippen LogP contribution in [-0.2, 0) is 0 Å². The molecule has 0 spiro atoms. The number of aliphatic hydroxyl groups excluding tert-OH is 1. The van der Waals surface area contributed by atoms with Crippen molar-refractivity contribution in [3.8, 4) is 11.5 Å². The predicted octanol–water partition coefficient (Wildman–Crippen LogP) is 4.41. The summed E-state index contributed by atoms with van der Waals surface area (Å²) in [4.78, 5) is 4.49. The van der Waals surface area contributed by atoms with Gasteiger partial charge in [0.25, 0.3) is 0 Å². The number of ether oxygens (including phenoxy) is 1. The molecule has 0 aliphatic heterocycles. The monoisotopic (exact) mass is 335 g/mol. The first kappa shape index (κ1) is 16.8. The Bertz CT molecular complexity index is 776. The summed E-state index contributed by atoms with van der Waals surface area (Å²) in [6.07, 6.45) is 0.697. The zero-order valence-corrected chi connectivity index (χ0v) is 13.9. The van der Waals surface area contributed by atoms with Gasteiger partial charge in [0.1, 0.15) is 23.1 Å². The third-order valence-corrected chi connectivity index (χ3v) is 3.50. The Balaban J connectivity index is 1.60. The van der Waals surface area contributed by atoms with Crippen LogP contribution in [0.4, 0.5) is 17.3 Å². The Morgan fingerprint density at radius 2 is 1.52 bits per heavy atom. The maximum Gasteiger partial charge on any atom is 0.132 e. The molecule has 1 heterocycles. The second kappa shape index (κ2) is 8.70. The molecule has 2 aromatic carbocycles. The highest BCUT2D eigenvalue weighted by Crippen LogP contribution is 2.24. The van der Waals surface area contributed by atoms with Gasteiger partial charge in [0.15, 0.2) is 0 Å². The van der Waals surface area contributed by atoms with Crippen LogP contribution in [0.1, 0.15) is 6.42 Å². The highest BCUT2D eigenvalue weighted by Gasteiger charge is 2.00. The summed E-state index contributed by atoms with van der Waals surface area (Å²) in [7, 11) is 0. The lowest BCUT2D eigenvalue weighted by molar-refractivity contribution is 0.292. The Kier molecular flexibility index (Phi) is 5.85. The van der Waals surface area contributed by atoms with Gasteiger partial charge >= 0.3 is 0 Å². The van der Waals surface area contributed by atoms with E-state index < -0.39 is 0 Å². The zero-order valence-electron chi connectivity index (χ0n) is 13.9. The quantitative estimate of drug-likeness (QED) is 0.532. The van der Waals surface area contributed by atoms with Crippen LogP contribution in [0.25, 0.3) is 0 Å². The summed E-state index contributed by atoms with van der Waals surface area (Å²) in [5.74, 6) is 3.13. The van der Waals surface area contributed by atoms with Crippen LogP contribution >= 0.6 is 0 Å². The van der Waals surface area contributed by atoms with E-state index in [1.807, 2.05) is 72.8 Å². The van der Waals surface area contributed by atoms with Crippen LogP contribution in [0.2, 0.25) is 0 Å². The molecule has 3 aromatic rings. The Hall–Kier alpha value is -3.05. The van der Waals surface area contributed by atoms with Crippen molar-refractivity contribution >= 4 is 17.3 Å². The first-order valence-electron chi connectivity index (χ1n) is 8.25. The van der Waals surface area contributed by atoms with E-state index in [-0.39, 0.29) is 6.61 Å². The highest BCUT2D eigenvalue weighted by atomic mass is 16.5. The molecule has 0 bridgehead atoms. The summed E-state index contributed by atoms with van der Waals surface area (Å²) in [6.45, 7) is 0.862. The van der Waals surface area contributed by atoms with Crippen LogP contribution in [-0.4, -0.2) is 23.2 Å². The zero-order chi connectivity index (χ0) is 17.3. The van der Waals surface area contributed by atoms with Crippen molar-refractivity contribution in [3.63, 3.8) is 0 Å². The second-order valence-corrected chi connectivity index (χ2v) is 5.48. The van der Waals surface area contributed by atoms with Gasteiger partial charge in [0.05, 0.1) is 0 Å². The molecule has 3 N–H and O–H groups in total. The maximum absolute atomic E-state index is 8.83. The summed E-state index contributed by atoms with van der Waals surface area (Å²) in [5.41, 5.74) is 0.931. The van der Waals surface area contributed by atoms with Gasteiger partial charge in [-0.1, -0.05) is 24.3 Å². The molecule has 0 radical (unpaired) electrons. The van der Waals surface area contributed by atoms with Crippen LogP contribution in [0.15, 0.2) is 72.8 Å². The normalized spacial score (nSPS) is 10.3. The van der Waals surface area contributed by atoms with Crippen LogP contribution in [0.3, 0.4) is 0 Å². The van der Waals surface area contributed by atoms with Gasteiger partial charge in [-0.25, -0.2) is 4.98 Å². The molecular weight excluding hydrogens is 314 g/mol. The Labute approximate surface area is 147 Å². The van der Waals surface area contributed by atoms with Gasteiger partial charge in [-0.15, -0.1) is 0 Å². The average Bonchev–Trinajstić information content (AvgIpc) is 2.65. The fourth-order valence-electron chi connectivity index (χ4n) is 2.28. The minimum Gasteiger partial charge on any atom is -0.457 e. The van der Waals surface area contributed by atoms with Gasteiger partial charge < -0.3 is 20.5 Å². The number of anilines is 3. The molecule has 0 atom stereocenters. The van der Waals surface area contributed by atoms with Crippen LogP contribution < -0.4 is 15.4 Å². The summed E-state index contributed by atoms with van der Waals surface area (Å²) in [6, 6.07) is 23.2. The summed E-state index contributed by atoms with van der Waals surface area (Å²) >= 11 is 0. The van der Waals surface area contributed by atoms with Crippen molar-refractivity contribution in [3.05, 3.63) is 72.8 Å². The molecule has 0 aliphatic rings. The third-order valence-electron chi connectivity index (χ3n) is 3.50. The van der Waals surface area contributed by atoms with E-state index in [9.17, 15) is 0 Å². The fourth-order valence-corrected chi connectivity index (χ4v) is 2.28. The van der Waals surface area contributed by atoms with Gasteiger partial charge in [-0.05, 0) is 55.0 Å². The molecule has 128 valence electrons. The number of rotatable bonds is 8. The third kappa shape index (κ3) is 5.22. The number of benzene rings is 2. The maximum atomic E-state index is 8.83. The lowest BCUT2D eigenvalue weighted by Crippen LogP contribution is -2.05. The molecule has 0 amide bonds. The van der Waals surface area contributed by atoms with Crippen molar-refractivity contribution < 1.29 is 9.84 Å². The van der Waals surface area contributed by atoms with Gasteiger partial charge in [-0.3, -0.25) is 0 Å². The number of hydrogen-bond acceptors (Lipinski definition) is 5. The molecule has 0 fully saturated rings. The van der Waals surface area contributed by atoms with Crippen molar-refractivity contribution in [1.29, 1.82) is 0 Å². The lowest BCUT2D eigenvalue weighted by atomic mass is 10.3. The standard InChI is InChI=1S/C20H21N3O2/c24-15-5-14-21-19-8-4-9-20(23-19)22-16-10-12-18(13-11-16)25-17-6-2-1-3-7-17/h1-4,6-13,24H,5,14-15H2,(H2,21,22,23). The number of hydrogen-bond donors (Lipinski definition) is 3. The molecule has 0 saturated heterocycles. The SMILES string of the molecule is OCCCNc1cccc(Nc2ccc(Oc3ccccc3)cc2)n1. The minimum atomic E-state index is 0.169. The van der Waals surface area contributed by atoms with Gasteiger partial charge in [0, 0.05) is 18.8 Å². The summed E-state index contributed by atoms with van der Waals surface area (Å²) in [5, 5.41) is 15.3. The van der Waals surface area contributed by atoms with Crippen molar-refractivity contribution in [2.45, 2.75) is 6.42 Å². The Morgan fingerprint density at radius 1 is 0.800 bits per heavy atom. The number of aromatic nitrogens is 1. The first-order valence-corrected chi connectivity index (χ1v) is 8.25. The first-order chi connectivity index (χ1) is 12.3. The molecule has 3 rings (SSSR count). The number of para-hydroxylation sites is 1. The van der Waals surface area contributed by atoms with Crippen molar-refractivity contribution in [1.82, 2.24) is 4.98 Å². The second-order valence-electron chi connectivity index (χ2n) is 5.48. The van der Waals surface area contributed by atoms with E-state index in [2.05, 4.69) is 15.6 Å². The van der Waals surface area contributed by atoms with Crippen LogP contribution in [0, 0.1) is 0 Å². The van der Waals surface area contributed by atoms with Crippen molar-refractivity contribution in [2.24, 2.45) is 0 Å². The number of pyridine rings is 1. The number of aliphatic hydroxyl groups is 1. The highest BCUT2D eigenvalue weighted by molar-refractivity contribution is 5.59. The topological polar surface area (TPSA) is 66.4 Å². The molecule has 5 heteroatoms. The van der Waals surface area contributed by atoms with E-state index in [1.54, 1.807) is 0 Å². The molecular formula is C20H21N3O2. The minimum absolute atomic E-state index is 0.169. The van der Waals surface area contributed by atoms with Gasteiger partial charge in [0.2, 0.25) is 0 Å². The van der Waals surface area contributed by atoms with E-state index in [4.69, 9.17) is 9.84 Å². The number of nitrogens with one attached hydrogen (secondary N) is 2. The van der Waals surface area contributed by atoms with Gasteiger partial charge in [-0.2, -0.15) is 0 Å². The van der Waals surface area contributed by atoms with Crippen molar-refractivity contribution in [2.75, 3.05) is 23.8 Å². The number of nitrogens with zero attached hydrogens (tertiary/aromatic N) is 1. The van der Waals surface area contributed by atoms with Crippen LogP contribution in [0.5, 0.6) is 11.5 Å². The molecule has 0 saturated carbocycles. The van der Waals surface area contributed by atoms with E-state index in [0.29, 0.717) is 13.0 Å². The average molecular weight is 335 g/mol. The molecule has 1 aromatic heterocycles. The molecule has 0 aliphatic carbocycles. The van der Waals surface area contributed by atoms with E-state index >= 15 is 0 Å². The lowest BCUT2D eigenvalue weighted by Gasteiger charge is -2.10. The molecule has 25 heavy (non-hydrogen) atoms. The van der Waals surface area contributed by atoms with E-state index in [0.717, 1.165) is 28.8 Å². The van der Waals surface area contributed by atoms with E-state index in [1.165, 1.54) is 0 Å².